The zero-order chi connectivity index (χ0) is 26.9. The normalized spacial score (nSPS) is 20.8. The lowest BCUT2D eigenvalue weighted by Gasteiger charge is -2.36. The number of pyridine rings is 1. The van der Waals surface area contributed by atoms with E-state index in [1.807, 2.05) is 32.0 Å². The van der Waals surface area contributed by atoms with Crippen LogP contribution in [0.3, 0.4) is 0 Å². The van der Waals surface area contributed by atoms with Crippen molar-refractivity contribution in [2.45, 2.75) is 32.4 Å². The largest absolute Gasteiger partial charge is 0.491 e. The number of hydrogen-bond acceptors (Lipinski definition) is 7. The standard InChI is InChI=1S/C27H36N4O6/c1-18-14-31(26(33)13-20-8-6-7-11-28-20)19(2)16-37-23-12-21(29-25(32)17-35-4)9-10-22(23)27(34)30(3)15-24(18)36-5/h6-12,18-19,24H,13-17H2,1-5H3,(H,29,32)/t18-,19-,24+/m0/s1. The molecule has 10 heteroatoms. The van der Waals surface area contributed by atoms with Crippen LogP contribution < -0.4 is 10.1 Å². The van der Waals surface area contributed by atoms with Crippen molar-refractivity contribution in [2.75, 3.05) is 52.9 Å². The molecule has 3 amide bonds. The molecule has 0 saturated heterocycles. The fourth-order valence-corrected chi connectivity index (χ4v) is 4.28. The van der Waals surface area contributed by atoms with E-state index >= 15 is 0 Å². The molecule has 0 bridgehead atoms. The van der Waals surface area contributed by atoms with Crippen LogP contribution in [0.25, 0.3) is 0 Å². The van der Waals surface area contributed by atoms with E-state index in [0.717, 1.165) is 0 Å². The smallest absolute Gasteiger partial charge is 0.257 e. The maximum Gasteiger partial charge on any atom is 0.257 e. The van der Waals surface area contributed by atoms with E-state index in [1.165, 1.54) is 7.11 Å². The molecule has 2 aromatic rings. The summed E-state index contributed by atoms with van der Waals surface area (Å²) >= 11 is 0. The van der Waals surface area contributed by atoms with E-state index in [9.17, 15) is 14.4 Å². The van der Waals surface area contributed by atoms with Gasteiger partial charge in [0.25, 0.3) is 5.91 Å². The van der Waals surface area contributed by atoms with Crippen molar-refractivity contribution in [2.24, 2.45) is 5.92 Å². The second-order valence-corrected chi connectivity index (χ2v) is 9.33. The van der Waals surface area contributed by atoms with Gasteiger partial charge in [0, 0.05) is 63.9 Å². The Labute approximate surface area is 217 Å². The van der Waals surface area contributed by atoms with Crippen LogP contribution in [-0.4, -0.2) is 92.2 Å². The van der Waals surface area contributed by atoms with Crippen LogP contribution in [0.5, 0.6) is 5.75 Å². The Kier molecular flexibility index (Phi) is 9.99. The third-order valence-electron chi connectivity index (χ3n) is 6.38. The Morgan fingerprint density at radius 3 is 2.62 bits per heavy atom. The van der Waals surface area contributed by atoms with Crippen molar-refractivity contribution in [3.05, 3.63) is 53.9 Å². The summed E-state index contributed by atoms with van der Waals surface area (Å²) in [5.74, 6) is -0.351. The molecule has 0 fully saturated rings. The zero-order valence-corrected chi connectivity index (χ0v) is 22.1. The van der Waals surface area contributed by atoms with E-state index in [4.69, 9.17) is 14.2 Å². The van der Waals surface area contributed by atoms with E-state index in [-0.39, 0.29) is 55.4 Å². The molecule has 200 valence electrons. The first-order valence-corrected chi connectivity index (χ1v) is 12.3. The average Bonchev–Trinajstić information content (AvgIpc) is 2.88. The molecule has 1 aromatic carbocycles. The fourth-order valence-electron chi connectivity index (χ4n) is 4.28. The zero-order valence-electron chi connectivity index (χ0n) is 22.1. The number of carbonyl (C=O) groups excluding carboxylic acids is 3. The van der Waals surface area contributed by atoms with Gasteiger partial charge in [0.05, 0.1) is 24.1 Å². The first-order valence-electron chi connectivity index (χ1n) is 12.3. The molecule has 0 unspecified atom stereocenters. The van der Waals surface area contributed by atoms with Gasteiger partial charge in [0.1, 0.15) is 19.0 Å². The molecule has 0 saturated carbocycles. The van der Waals surface area contributed by atoms with Crippen LogP contribution in [0.1, 0.15) is 29.9 Å². The van der Waals surface area contributed by atoms with E-state index in [2.05, 4.69) is 10.3 Å². The third kappa shape index (κ3) is 7.50. The predicted octanol–water partition coefficient (Wildman–Crippen LogP) is 2.24. The first-order chi connectivity index (χ1) is 17.7. The van der Waals surface area contributed by atoms with Crippen molar-refractivity contribution in [1.82, 2.24) is 14.8 Å². The Morgan fingerprint density at radius 1 is 1.16 bits per heavy atom. The number of fused-ring (bicyclic) bond motifs is 1. The molecule has 1 aromatic heterocycles. The van der Waals surface area contributed by atoms with Gasteiger partial charge in [-0.2, -0.15) is 0 Å². The molecule has 10 nitrogen and oxygen atoms in total. The summed E-state index contributed by atoms with van der Waals surface area (Å²) in [6.45, 7) is 4.73. The van der Waals surface area contributed by atoms with Gasteiger partial charge >= 0.3 is 0 Å². The molecule has 0 radical (unpaired) electrons. The highest BCUT2D eigenvalue weighted by Gasteiger charge is 2.30. The number of amides is 3. The Hall–Kier alpha value is -3.50. The van der Waals surface area contributed by atoms with Gasteiger partial charge in [0.15, 0.2) is 0 Å². The number of ether oxygens (including phenoxy) is 3. The molecule has 0 aliphatic carbocycles. The van der Waals surface area contributed by atoms with Crippen LogP contribution in [0.2, 0.25) is 0 Å². The first kappa shape index (κ1) is 28.1. The van der Waals surface area contributed by atoms with Gasteiger partial charge in [-0.1, -0.05) is 13.0 Å². The van der Waals surface area contributed by atoms with Gasteiger partial charge in [0.2, 0.25) is 11.8 Å². The highest BCUT2D eigenvalue weighted by Crippen LogP contribution is 2.27. The molecular formula is C27H36N4O6. The van der Waals surface area contributed by atoms with Crippen LogP contribution in [0, 0.1) is 5.92 Å². The molecule has 0 spiro atoms. The number of rotatable bonds is 6. The monoisotopic (exact) mass is 512 g/mol. The SMILES string of the molecule is COCC(=O)Nc1ccc2c(c1)OC[C@H](C)N(C(=O)Cc1ccccn1)C[C@H](C)[C@H](OC)CN(C)C2=O. The molecule has 3 rings (SSSR count). The second-order valence-electron chi connectivity index (χ2n) is 9.33. The van der Waals surface area contributed by atoms with Gasteiger partial charge in [-0.3, -0.25) is 19.4 Å². The van der Waals surface area contributed by atoms with Crippen molar-refractivity contribution in [3.8, 4) is 5.75 Å². The maximum atomic E-state index is 13.4. The minimum atomic E-state index is -0.323. The minimum Gasteiger partial charge on any atom is -0.491 e. The van der Waals surface area contributed by atoms with Gasteiger partial charge in [-0.05, 0) is 31.2 Å². The number of carbonyl (C=O) groups is 3. The highest BCUT2D eigenvalue weighted by atomic mass is 16.5. The van der Waals surface area contributed by atoms with Crippen LogP contribution >= 0.6 is 0 Å². The van der Waals surface area contributed by atoms with E-state index < -0.39 is 0 Å². The summed E-state index contributed by atoms with van der Waals surface area (Å²) in [7, 11) is 4.75. The molecule has 2 heterocycles. The number of anilines is 1. The van der Waals surface area contributed by atoms with Crippen LogP contribution in [0.15, 0.2) is 42.6 Å². The topological polar surface area (TPSA) is 110 Å². The minimum absolute atomic E-state index is 0.0485. The van der Waals surface area contributed by atoms with Crippen LogP contribution in [0.4, 0.5) is 5.69 Å². The van der Waals surface area contributed by atoms with Crippen molar-refractivity contribution in [3.63, 3.8) is 0 Å². The Balaban J connectivity index is 1.93. The molecule has 1 N–H and O–H groups in total. The lowest BCUT2D eigenvalue weighted by molar-refractivity contribution is -0.134. The van der Waals surface area contributed by atoms with E-state index in [1.54, 1.807) is 48.4 Å². The highest BCUT2D eigenvalue weighted by molar-refractivity contribution is 5.98. The number of benzene rings is 1. The lowest BCUT2D eigenvalue weighted by atomic mass is 10.0. The number of methoxy groups -OCH3 is 2. The average molecular weight is 513 g/mol. The molecule has 37 heavy (non-hydrogen) atoms. The summed E-state index contributed by atoms with van der Waals surface area (Å²) in [5, 5.41) is 2.73. The molecule has 1 aliphatic heterocycles. The number of likely N-dealkylation sites (N-methyl/N-ethyl adjacent to an activating group) is 1. The fraction of sp³-hybridized carbons (Fsp3) is 0.481. The van der Waals surface area contributed by atoms with Gasteiger partial charge in [-0.15, -0.1) is 0 Å². The summed E-state index contributed by atoms with van der Waals surface area (Å²) in [6, 6.07) is 10.1. The van der Waals surface area contributed by atoms with Gasteiger partial charge in [-0.25, -0.2) is 0 Å². The second kappa shape index (κ2) is 13.2. The number of nitrogens with one attached hydrogen (secondary N) is 1. The summed E-state index contributed by atoms with van der Waals surface area (Å²) < 4.78 is 16.7. The molecule has 3 atom stereocenters. The third-order valence-corrected chi connectivity index (χ3v) is 6.38. The number of nitrogens with zero attached hydrogens (tertiary/aromatic N) is 3. The molecule has 1 aliphatic rings. The van der Waals surface area contributed by atoms with Gasteiger partial charge < -0.3 is 29.3 Å². The lowest BCUT2D eigenvalue weighted by Crippen LogP contribution is -2.49. The molecular weight excluding hydrogens is 476 g/mol. The van der Waals surface area contributed by atoms with Crippen LogP contribution in [-0.2, 0) is 25.5 Å². The van der Waals surface area contributed by atoms with E-state index in [0.29, 0.717) is 35.8 Å². The quantitative estimate of drug-likeness (QED) is 0.632. The summed E-state index contributed by atoms with van der Waals surface area (Å²) in [6.07, 6.45) is 1.55. The Morgan fingerprint density at radius 2 is 1.95 bits per heavy atom. The van der Waals surface area contributed by atoms with Crippen molar-refractivity contribution in [1.29, 1.82) is 0 Å². The number of hydrogen-bond donors (Lipinski definition) is 1. The number of aromatic nitrogens is 1. The predicted molar refractivity (Wildman–Crippen MR) is 138 cm³/mol. The Bertz CT molecular complexity index is 1080. The summed E-state index contributed by atoms with van der Waals surface area (Å²) in [4.78, 5) is 46.4. The van der Waals surface area contributed by atoms with Crippen molar-refractivity contribution >= 4 is 23.4 Å². The maximum absolute atomic E-state index is 13.4. The van der Waals surface area contributed by atoms with Crippen molar-refractivity contribution < 1.29 is 28.6 Å². The summed E-state index contributed by atoms with van der Waals surface area (Å²) in [5.41, 5.74) is 1.52.